The number of carbonyl (C=O) groups excluding carboxylic acids is 2. The Morgan fingerprint density at radius 1 is 1.08 bits per heavy atom. The van der Waals surface area contributed by atoms with Gasteiger partial charge in [0.2, 0.25) is 11.8 Å². The van der Waals surface area contributed by atoms with E-state index < -0.39 is 0 Å². The van der Waals surface area contributed by atoms with Crippen LogP contribution < -0.4 is 5.32 Å². The summed E-state index contributed by atoms with van der Waals surface area (Å²) in [7, 11) is 0. The second-order valence-corrected chi connectivity index (χ2v) is 7.43. The number of benzene rings is 2. The van der Waals surface area contributed by atoms with Gasteiger partial charge in [-0.1, -0.05) is 48.0 Å². The van der Waals surface area contributed by atoms with Gasteiger partial charge in [-0.05, 0) is 42.9 Å². The molecule has 2 amide bonds. The van der Waals surface area contributed by atoms with E-state index in [0.717, 1.165) is 42.7 Å². The van der Waals surface area contributed by atoms with E-state index in [1.54, 1.807) is 0 Å². The zero-order valence-corrected chi connectivity index (χ0v) is 15.1. The van der Waals surface area contributed by atoms with Gasteiger partial charge in [0, 0.05) is 18.8 Å². The fourth-order valence-electron chi connectivity index (χ4n) is 4.18. The predicted molar refractivity (Wildman–Crippen MR) is 102 cm³/mol. The number of aryl methyl sites for hydroxylation is 1. The highest BCUT2D eigenvalue weighted by Crippen LogP contribution is 2.41. The van der Waals surface area contributed by atoms with Gasteiger partial charge in [-0.25, -0.2) is 0 Å². The van der Waals surface area contributed by atoms with Gasteiger partial charge in [0.1, 0.15) is 0 Å². The molecule has 1 N–H and O–H groups in total. The molecule has 0 aliphatic carbocycles. The second-order valence-electron chi connectivity index (χ2n) is 7.43. The van der Waals surface area contributed by atoms with Crippen molar-refractivity contribution in [3.05, 3.63) is 65.2 Å². The molecule has 1 fully saturated rings. The molecule has 1 unspecified atom stereocenters. The van der Waals surface area contributed by atoms with Crippen LogP contribution in [0.4, 0.5) is 5.69 Å². The molecule has 4 rings (SSSR count). The molecule has 4 heteroatoms. The average molecular weight is 348 g/mol. The Morgan fingerprint density at radius 3 is 2.50 bits per heavy atom. The zero-order chi connectivity index (χ0) is 18.1. The summed E-state index contributed by atoms with van der Waals surface area (Å²) < 4.78 is 0. The molecule has 2 aromatic carbocycles. The molecule has 4 nitrogen and oxygen atoms in total. The number of hydrogen-bond acceptors (Lipinski definition) is 2. The third kappa shape index (κ3) is 3.24. The number of fused-ring (bicyclic) bond motifs is 1. The van der Waals surface area contributed by atoms with Crippen LogP contribution in [0.2, 0.25) is 0 Å². The Hall–Kier alpha value is -2.62. The number of nitrogens with one attached hydrogen (secondary N) is 1. The van der Waals surface area contributed by atoms with Gasteiger partial charge >= 0.3 is 0 Å². The van der Waals surface area contributed by atoms with Crippen molar-refractivity contribution in [3.8, 4) is 0 Å². The minimum absolute atomic E-state index is 0.0689. The minimum atomic E-state index is -0.0689. The van der Waals surface area contributed by atoms with Gasteiger partial charge < -0.3 is 10.2 Å². The van der Waals surface area contributed by atoms with Gasteiger partial charge in [-0.3, -0.25) is 9.59 Å². The molecule has 2 aliphatic rings. The molecule has 0 radical (unpaired) electrons. The van der Waals surface area contributed by atoms with Crippen LogP contribution in [0, 0.1) is 12.8 Å². The lowest BCUT2D eigenvalue weighted by molar-refractivity contribution is -0.132. The highest BCUT2D eigenvalue weighted by atomic mass is 16.2. The summed E-state index contributed by atoms with van der Waals surface area (Å²) in [5, 5.41) is 3.00. The highest BCUT2D eigenvalue weighted by Gasteiger charge is 2.38. The average Bonchev–Trinajstić information content (AvgIpc) is 2.99. The largest absolute Gasteiger partial charge is 0.342 e. The monoisotopic (exact) mass is 348 g/mol. The van der Waals surface area contributed by atoms with Crippen molar-refractivity contribution in [1.82, 2.24) is 4.90 Å². The Bertz CT molecular complexity index is 820. The van der Waals surface area contributed by atoms with E-state index in [0.29, 0.717) is 12.3 Å². The molecular weight excluding hydrogens is 324 g/mol. The van der Waals surface area contributed by atoms with Crippen molar-refractivity contribution < 1.29 is 9.59 Å². The molecule has 1 saturated heterocycles. The van der Waals surface area contributed by atoms with Crippen LogP contribution in [0.25, 0.3) is 0 Å². The fraction of sp³-hybridized carbons (Fsp3) is 0.364. The standard InChI is InChI=1S/C22H24N2O2/c1-15-6-8-16(9-7-15)14-20(25)24-12-10-17(11-13-24)21-18-4-2-3-5-19(18)23-22(21)26/h2-9,17,21H,10-14H2,1H3,(H,23,26). The lowest BCUT2D eigenvalue weighted by Crippen LogP contribution is -2.41. The third-order valence-electron chi connectivity index (χ3n) is 5.68. The van der Waals surface area contributed by atoms with Crippen LogP contribution in [-0.2, 0) is 16.0 Å². The van der Waals surface area contributed by atoms with Crippen LogP contribution >= 0.6 is 0 Å². The summed E-state index contributed by atoms with van der Waals surface area (Å²) in [4.78, 5) is 27.0. The molecule has 134 valence electrons. The first-order chi connectivity index (χ1) is 12.6. The van der Waals surface area contributed by atoms with Gasteiger partial charge in [0.05, 0.1) is 12.3 Å². The number of likely N-dealkylation sites (tertiary alicyclic amines) is 1. The molecule has 2 aliphatic heterocycles. The SMILES string of the molecule is Cc1ccc(CC(=O)N2CCC(C3C(=O)Nc4ccccc43)CC2)cc1. The summed E-state index contributed by atoms with van der Waals surface area (Å²) >= 11 is 0. The van der Waals surface area contributed by atoms with Gasteiger partial charge in [0.15, 0.2) is 0 Å². The van der Waals surface area contributed by atoms with Gasteiger partial charge in [0.25, 0.3) is 0 Å². The maximum Gasteiger partial charge on any atom is 0.232 e. The molecule has 26 heavy (non-hydrogen) atoms. The molecule has 0 aromatic heterocycles. The van der Waals surface area contributed by atoms with Crippen molar-refractivity contribution in [1.29, 1.82) is 0 Å². The van der Waals surface area contributed by atoms with Crippen LogP contribution in [0.15, 0.2) is 48.5 Å². The number of anilines is 1. The van der Waals surface area contributed by atoms with E-state index in [-0.39, 0.29) is 17.7 Å². The van der Waals surface area contributed by atoms with E-state index in [9.17, 15) is 9.59 Å². The zero-order valence-electron chi connectivity index (χ0n) is 15.1. The van der Waals surface area contributed by atoms with E-state index >= 15 is 0 Å². The van der Waals surface area contributed by atoms with Crippen LogP contribution in [0.5, 0.6) is 0 Å². The number of piperidine rings is 1. The Morgan fingerprint density at radius 2 is 1.77 bits per heavy atom. The summed E-state index contributed by atoms with van der Waals surface area (Å²) in [6, 6.07) is 16.1. The molecule has 2 heterocycles. The molecule has 1 atom stereocenters. The Kier molecular flexibility index (Phi) is 4.49. The summed E-state index contributed by atoms with van der Waals surface area (Å²) in [6.45, 7) is 3.52. The van der Waals surface area contributed by atoms with E-state index in [1.165, 1.54) is 5.56 Å². The maximum absolute atomic E-state index is 12.6. The first kappa shape index (κ1) is 16.8. The van der Waals surface area contributed by atoms with Crippen molar-refractivity contribution >= 4 is 17.5 Å². The van der Waals surface area contributed by atoms with Crippen molar-refractivity contribution in [2.24, 2.45) is 5.92 Å². The van der Waals surface area contributed by atoms with Gasteiger partial charge in [-0.2, -0.15) is 0 Å². The predicted octanol–water partition coefficient (Wildman–Crippen LogP) is 3.51. The van der Waals surface area contributed by atoms with Crippen LogP contribution in [-0.4, -0.2) is 29.8 Å². The molecular formula is C22H24N2O2. The topological polar surface area (TPSA) is 49.4 Å². The second kappa shape index (κ2) is 6.94. The third-order valence-corrected chi connectivity index (χ3v) is 5.68. The Balaban J connectivity index is 1.37. The number of para-hydroxylation sites is 1. The highest BCUT2D eigenvalue weighted by molar-refractivity contribution is 6.03. The molecule has 0 bridgehead atoms. The van der Waals surface area contributed by atoms with Crippen LogP contribution in [0.3, 0.4) is 0 Å². The quantitative estimate of drug-likeness (QED) is 0.923. The first-order valence-electron chi connectivity index (χ1n) is 9.35. The van der Waals surface area contributed by atoms with E-state index in [4.69, 9.17) is 0 Å². The summed E-state index contributed by atoms with van der Waals surface area (Å²) in [5.41, 5.74) is 4.33. The van der Waals surface area contributed by atoms with E-state index in [2.05, 4.69) is 5.32 Å². The van der Waals surface area contributed by atoms with E-state index in [1.807, 2.05) is 60.4 Å². The van der Waals surface area contributed by atoms with Crippen molar-refractivity contribution in [2.75, 3.05) is 18.4 Å². The number of nitrogens with zero attached hydrogens (tertiary/aromatic N) is 1. The maximum atomic E-state index is 12.6. The van der Waals surface area contributed by atoms with Crippen molar-refractivity contribution in [3.63, 3.8) is 0 Å². The molecule has 2 aromatic rings. The minimum Gasteiger partial charge on any atom is -0.342 e. The number of rotatable bonds is 3. The lowest BCUT2D eigenvalue weighted by Gasteiger charge is -2.34. The lowest BCUT2D eigenvalue weighted by atomic mass is 9.80. The number of hydrogen-bond donors (Lipinski definition) is 1. The number of carbonyl (C=O) groups is 2. The number of amides is 2. The van der Waals surface area contributed by atoms with Crippen LogP contribution in [0.1, 0.15) is 35.4 Å². The molecule has 0 spiro atoms. The summed E-state index contributed by atoms with van der Waals surface area (Å²) in [6.07, 6.45) is 2.22. The molecule has 0 saturated carbocycles. The fourth-order valence-corrected chi connectivity index (χ4v) is 4.18. The van der Waals surface area contributed by atoms with Crippen molar-refractivity contribution in [2.45, 2.75) is 32.1 Å². The smallest absolute Gasteiger partial charge is 0.232 e. The first-order valence-corrected chi connectivity index (χ1v) is 9.35. The Labute approximate surface area is 154 Å². The van der Waals surface area contributed by atoms with Gasteiger partial charge in [-0.15, -0.1) is 0 Å². The normalized spacial score (nSPS) is 20.0. The summed E-state index contributed by atoms with van der Waals surface area (Å²) in [5.74, 6) is 0.529.